The Balaban J connectivity index is 3.12. The molecule has 0 saturated carbocycles. The molecule has 0 saturated heterocycles. The molecular formula is C16H19OP. The average Bonchev–Trinajstić information content (AvgIpc) is 2.39. The molecule has 1 nitrogen and oxygen atoms in total. The maximum Gasteiger partial charge on any atom is 0.123 e. The molecule has 0 aliphatic carbocycles. The molecule has 1 rings (SSSR count). The number of hydrogen-bond donors (Lipinski definition) is 0. The van der Waals surface area contributed by atoms with E-state index in [-0.39, 0.29) is 0 Å². The molecule has 0 aromatic heterocycles. The Bertz CT molecular complexity index is 485. The van der Waals surface area contributed by atoms with Gasteiger partial charge in [0.25, 0.3) is 0 Å². The van der Waals surface area contributed by atoms with Crippen LogP contribution in [-0.4, -0.2) is 12.3 Å². The van der Waals surface area contributed by atoms with Gasteiger partial charge < -0.3 is 4.57 Å². The topological polar surface area (TPSA) is 17.1 Å². The van der Waals surface area contributed by atoms with Crippen molar-refractivity contribution in [2.24, 2.45) is 0 Å². The van der Waals surface area contributed by atoms with Gasteiger partial charge in [0.2, 0.25) is 0 Å². The van der Waals surface area contributed by atoms with Crippen molar-refractivity contribution in [1.29, 1.82) is 0 Å². The second-order valence-electron chi connectivity index (χ2n) is 4.27. The Kier molecular flexibility index (Phi) is 5.12. The standard InChI is InChI=1S/C16H19OP/c1-5-14(3)12-18(17,13-15(4)6-2)16-10-8-7-9-11-16/h5-11H,1-4,12-13H2. The van der Waals surface area contributed by atoms with Gasteiger partial charge in [-0.05, 0) is 11.1 Å². The van der Waals surface area contributed by atoms with Crippen LogP contribution in [0.3, 0.4) is 0 Å². The van der Waals surface area contributed by atoms with E-state index in [0.29, 0.717) is 12.3 Å². The highest BCUT2D eigenvalue weighted by Crippen LogP contribution is 2.47. The molecule has 0 unspecified atom stereocenters. The highest BCUT2D eigenvalue weighted by atomic mass is 31.2. The number of benzene rings is 1. The van der Waals surface area contributed by atoms with Crippen LogP contribution < -0.4 is 5.30 Å². The van der Waals surface area contributed by atoms with Crippen molar-refractivity contribution >= 4 is 12.4 Å². The Morgan fingerprint density at radius 1 is 1.00 bits per heavy atom. The van der Waals surface area contributed by atoms with Crippen LogP contribution in [-0.2, 0) is 4.57 Å². The zero-order valence-corrected chi connectivity index (χ0v) is 11.5. The van der Waals surface area contributed by atoms with Crippen LogP contribution in [0.15, 0.2) is 79.9 Å². The second-order valence-corrected chi connectivity index (χ2v) is 7.19. The van der Waals surface area contributed by atoms with E-state index in [1.807, 2.05) is 30.3 Å². The summed E-state index contributed by atoms with van der Waals surface area (Å²) in [5.74, 6) is 0. The second kappa shape index (κ2) is 6.37. The number of hydrogen-bond acceptors (Lipinski definition) is 1. The molecule has 0 aliphatic heterocycles. The van der Waals surface area contributed by atoms with Crippen molar-refractivity contribution in [1.82, 2.24) is 0 Å². The lowest BCUT2D eigenvalue weighted by Crippen LogP contribution is -2.12. The Hall–Kier alpha value is -1.59. The van der Waals surface area contributed by atoms with Gasteiger partial charge in [-0.15, -0.1) is 0 Å². The first kappa shape index (κ1) is 14.5. The molecule has 0 spiro atoms. The maximum atomic E-state index is 13.1. The van der Waals surface area contributed by atoms with Crippen LogP contribution in [0.1, 0.15) is 0 Å². The summed E-state index contributed by atoms with van der Waals surface area (Å²) in [5, 5.41) is 0.857. The van der Waals surface area contributed by atoms with E-state index in [0.717, 1.165) is 16.5 Å². The predicted molar refractivity (Wildman–Crippen MR) is 82.1 cm³/mol. The third kappa shape index (κ3) is 3.72. The molecule has 0 aliphatic rings. The van der Waals surface area contributed by atoms with Crippen molar-refractivity contribution in [2.75, 3.05) is 12.3 Å². The SMILES string of the molecule is C=CC(=C)CP(=O)(CC(=C)C=C)c1ccccc1. The van der Waals surface area contributed by atoms with E-state index in [9.17, 15) is 4.57 Å². The molecule has 94 valence electrons. The number of allylic oxidation sites excluding steroid dienone is 4. The van der Waals surface area contributed by atoms with E-state index < -0.39 is 7.14 Å². The van der Waals surface area contributed by atoms with E-state index in [1.54, 1.807) is 12.2 Å². The fourth-order valence-corrected chi connectivity index (χ4v) is 4.49. The molecule has 0 radical (unpaired) electrons. The first-order valence-electron chi connectivity index (χ1n) is 5.76. The molecule has 0 fully saturated rings. The minimum absolute atomic E-state index is 0.438. The molecule has 0 atom stereocenters. The molecule has 0 N–H and O–H groups in total. The van der Waals surface area contributed by atoms with Crippen LogP contribution in [0.2, 0.25) is 0 Å². The first-order valence-corrected chi connectivity index (χ1v) is 7.83. The zero-order valence-electron chi connectivity index (χ0n) is 10.6. The van der Waals surface area contributed by atoms with Gasteiger partial charge in [-0.1, -0.05) is 68.8 Å². The lowest BCUT2D eigenvalue weighted by atomic mass is 10.3. The van der Waals surface area contributed by atoms with Crippen LogP contribution in [0, 0.1) is 0 Å². The summed E-state index contributed by atoms with van der Waals surface area (Å²) in [6, 6.07) is 9.50. The van der Waals surface area contributed by atoms with Gasteiger partial charge in [0.15, 0.2) is 0 Å². The summed E-state index contributed by atoms with van der Waals surface area (Å²) in [6.07, 6.45) is 4.19. The minimum Gasteiger partial charge on any atom is -0.318 e. The monoisotopic (exact) mass is 258 g/mol. The van der Waals surface area contributed by atoms with Gasteiger partial charge in [0, 0.05) is 17.6 Å². The molecule has 0 heterocycles. The summed E-state index contributed by atoms with van der Waals surface area (Å²) in [4.78, 5) is 0. The summed E-state index contributed by atoms with van der Waals surface area (Å²) >= 11 is 0. The third-order valence-electron chi connectivity index (χ3n) is 2.72. The van der Waals surface area contributed by atoms with Crippen LogP contribution >= 0.6 is 7.14 Å². The van der Waals surface area contributed by atoms with Gasteiger partial charge in [-0.2, -0.15) is 0 Å². The van der Waals surface area contributed by atoms with Crippen molar-refractivity contribution in [2.45, 2.75) is 0 Å². The van der Waals surface area contributed by atoms with Crippen molar-refractivity contribution < 1.29 is 4.57 Å². The van der Waals surface area contributed by atoms with Crippen molar-refractivity contribution in [3.8, 4) is 0 Å². The average molecular weight is 258 g/mol. The fraction of sp³-hybridized carbons (Fsp3) is 0.125. The summed E-state index contributed by atoms with van der Waals surface area (Å²) in [7, 11) is -2.56. The van der Waals surface area contributed by atoms with Gasteiger partial charge >= 0.3 is 0 Å². The normalized spacial score (nSPS) is 10.7. The van der Waals surface area contributed by atoms with Crippen molar-refractivity contribution in [3.63, 3.8) is 0 Å². The summed E-state index contributed by atoms with van der Waals surface area (Å²) in [6.45, 7) is 15.1. The maximum absolute atomic E-state index is 13.1. The Morgan fingerprint density at radius 2 is 1.44 bits per heavy atom. The van der Waals surface area contributed by atoms with Gasteiger partial charge in [-0.25, -0.2) is 0 Å². The van der Waals surface area contributed by atoms with Gasteiger partial charge in [0.05, 0.1) is 0 Å². The summed E-state index contributed by atoms with van der Waals surface area (Å²) < 4.78 is 13.1. The highest BCUT2D eigenvalue weighted by Gasteiger charge is 2.25. The van der Waals surface area contributed by atoms with Crippen LogP contribution in [0.4, 0.5) is 0 Å². The summed E-state index contributed by atoms with van der Waals surface area (Å²) in [5.41, 5.74) is 1.58. The predicted octanol–water partition coefficient (Wildman–Crippen LogP) is 4.16. The molecule has 0 amide bonds. The zero-order chi connectivity index (χ0) is 13.6. The molecular weight excluding hydrogens is 239 g/mol. The molecule has 1 aromatic rings. The van der Waals surface area contributed by atoms with Crippen LogP contribution in [0.25, 0.3) is 0 Å². The first-order chi connectivity index (χ1) is 8.51. The third-order valence-corrected chi connectivity index (χ3v) is 5.79. The highest BCUT2D eigenvalue weighted by molar-refractivity contribution is 7.72. The van der Waals surface area contributed by atoms with E-state index in [2.05, 4.69) is 26.3 Å². The Morgan fingerprint density at radius 3 is 1.83 bits per heavy atom. The lowest BCUT2D eigenvalue weighted by Gasteiger charge is -2.19. The molecule has 1 aromatic carbocycles. The fourth-order valence-electron chi connectivity index (χ4n) is 1.72. The largest absolute Gasteiger partial charge is 0.318 e. The van der Waals surface area contributed by atoms with E-state index in [1.165, 1.54) is 0 Å². The number of rotatable bonds is 7. The lowest BCUT2D eigenvalue weighted by molar-refractivity contribution is 0.584. The smallest absolute Gasteiger partial charge is 0.123 e. The van der Waals surface area contributed by atoms with Gasteiger partial charge in [-0.3, -0.25) is 0 Å². The van der Waals surface area contributed by atoms with E-state index in [4.69, 9.17) is 0 Å². The van der Waals surface area contributed by atoms with Crippen LogP contribution in [0.5, 0.6) is 0 Å². The van der Waals surface area contributed by atoms with Crippen molar-refractivity contribution in [3.05, 3.63) is 79.9 Å². The van der Waals surface area contributed by atoms with Gasteiger partial charge in [0.1, 0.15) is 7.14 Å². The van der Waals surface area contributed by atoms with E-state index >= 15 is 0 Å². The molecule has 0 bridgehead atoms. The quantitative estimate of drug-likeness (QED) is 0.530. The minimum atomic E-state index is -2.56. The molecule has 18 heavy (non-hydrogen) atoms. The Labute approximate surface area is 110 Å². The molecule has 2 heteroatoms.